The minimum atomic E-state index is 0.391. The quantitative estimate of drug-likeness (QED) is 0.157. The molecule has 2 atom stereocenters. The Morgan fingerprint density at radius 2 is 0.914 bits per heavy atom. The normalized spacial score (nSPS) is 20.7. The van der Waals surface area contributed by atoms with Crippen molar-refractivity contribution < 1.29 is 0 Å². The Bertz CT molecular complexity index is 2980. The van der Waals surface area contributed by atoms with Gasteiger partial charge < -0.3 is 4.90 Å². The van der Waals surface area contributed by atoms with Crippen molar-refractivity contribution in [1.29, 1.82) is 0 Å². The minimum Gasteiger partial charge on any atom is -0.310 e. The van der Waals surface area contributed by atoms with Crippen molar-refractivity contribution in [2.45, 2.75) is 37.5 Å². The van der Waals surface area contributed by atoms with E-state index in [1.165, 1.54) is 109 Å². The van der Waals surface area contributed by atoms with Crippen LogP contribution in [0.1, 0.15) is 37.7 Å². The zero-order valence-electron chi connectivity index (χ0n) is 32.7. The summed E-state index contributed by atoms with van der Waals surface area (Å²) in [6.45, 7) is 0. The maximum atomic E-state index is 2.50. The van der Waals surface area contributed by atoms with Crippen molar-refractivity contribution in [2.24, 2.45) is 17.8 Å². The van der Waals surface area contributed by atoms with E-state index in [1.807, 2.05) is 0 Å². The van der Waals surface area contributed by atoms with Crippen molar-refractivity contribution in [1.82, 2.24) is 0 Å². The van der Waals surface area contributed by atoms with Crippen LogP contribution in [0.15, 0.2) is 194 Å². The summed E-state index contributed by atoms with van der Waals surface area (Å²) in [6, 6.07) is 72.5. The Labute approximate surface area is 341 Å². The fourth-order valence-corrected chi connectivity index (χ4v) is 11.9. The number of benzene rings is 9. The first-order valence-corrected chi connectivity index (χ1v) is 21.3. The first-order valence-electron chi connectivity index (χ1n) is 21.3. The van der Waals surface area contributed by atoms with Gasteiger partial charge in [-0.25, -0.2) is 0 Å². The van der Waals surface area contributed by atoms with Gasteiger partial charge in [-0.1, -0.05) is 152 Å². The molecule has 0 heterocycles. The molecule has 9 aromatic rings. The number of hydrogen-bond acceptors (Lipinski definition) is 1. The molecule has 4 fully saturated rings. The van der Waals surface area contributed by atoms with Crippen molar-refractivity contribution in [3.05, 3.63) is 200 Å². The first-order chi connectivity index (χ1) is 28.7. The van der Waals surface area contributed by atoms with Crippen molar-refractivity contribution >= 4 is 49.4 Å². The Balaban J connectivity index is 1.01. The highest BCUT2D eigenvalue weighted by atomic mass is 15.1. The summed E-state index contributed by atoms with van der Waals surface area (Å²) in [4.78, 5) is 2.50. The molecule has 0 aromatic heterocycles. The second-order valence-electron chi connectivity index (χ2n) is 17.4. The highest BCUT2D eigenvalue weighted by Crippen LogP contribution is 2.66. The van der Waals surface area contributed by atoms with Crippen LogP contribution in [-0.2, 0) is 5.41 Å². The van der Waals surface area contributed by atoms with Crippen LogP contribution in [0.2, 0.25) is 0 Å². The van der Waals surface area contributed by atoms with Gasteiger partial charge in [-0.05, 0) is 164 Å². The number of fused-ring (bicyclic) bond motifs is 3. The van der Waals surface area contributed by atoms with Crippen LogP contribution in [0, 0.1) is 17.8 Å². The van der Waals surface area contributed by atoms with Crippen molar-refractivity contribution in [2.75, 3.05) is 4.90 Å². The molecule has 0 radical (unpaired) electrons. The van der Waals surface area contributed by atoms with Gasteiger partial charge in [-0.3, -0.25) is 0 Å². The van der Waals surface area contributed by atoms with E-state index in [-0.39, 0.29) is 0 Å². The fourth-order valence-electron chi connectivity index (χ4n) is 11.9. The zero-order valence-corrected chi connectivity index (χ0v) is 32.7. The molecule has 1 heteroatoms. The van der Waals surface area contributed by atoms with Crippen LogP contribution in [-0.4, -0.2) is 0 Å². The molecule has 9 aromatic carbocycles. The molecule has 13 rings (SSSR count). The van der Waals surface area contributed by atoms with E-state index in [2.05, 4.69) is 199 Å². The minimum absolute atomic E-state index is 0.391. The van der Waals surface area contributed by atoms with Crippen LogP contribution in [0.3, 0.4) is 0 Å². The van der Waals surface area contributed by atoms with Gasteiger partial charge >= 0.3 is 0 Å². The monoisotopic (exact) mass is 743 g/mol. The largest absolute Gasteiger partial charge is 0.310 e. The van der Waals surface area contributed by atoms with E-state index >= 15 is 0 Å². The van der Waals surface area contributed by atoms with Gasteiger partial charge in [-0.15, -0.1) is 0 Å². The topological polar surface area (TPSA) is 3.24 Å². The van der Waals surface area contributed by atoms with Gasteiger partial charge in [0.05, 0.1) is 5.69 Å². The molecule has 278 valence electrons. The summed E-state index contributed by atoms with van der Waals surface area (Å²) in [5.74, 6) is 2.74. The lowest BCUT2D eigenvalue weighted by Gasteiger charge is -2.34. The van der Waals surface area contributed by atoms with Crippen molar-refractivity contribution in [3.8, 4) is 33.4 Å². The smallest absolute Gasteiger partial charge is 0.0540 e. The third kappa shape index (κ3) is 5.37. The van der Waals surface area contributed by atoms with Gasteiger partial charge in [-0.2, -0.15) is 0 Å². The van der Waals surface area contributed by atoms with E-state index in [4.69, 9.17) is 0 Å². The highest BCUT2D eigenvalue weighted by Gasteiger charge is 2.58. The third-order valence-electron chi connectivity index (χ3n) is 14.3. The second kappa shape index (κ2) is 13.3. The summed E-state index contributed by atoms with van der Waals surface area (Å²) in [5, 5.41) is 7.56. The lowest BCUT2D eigenvalue weighted by Crippen LogP contribution is -2.27. The molecule has 0 N–H and O–H groups in total. The molecule has 2 unspecified atom stereocenters. The highest BCUT2D eigenvalue weighted by molar-refractivity contribution is 6.10. The standard InChI is InChI=1S/C57H45N/c1-2-11-41(12-3-1)54-34-43-14-4-5-15-44(43)35-55(54)42-21-25-47(26-22-42)58(48-27-23-45(24-28-48)57-36-38-31-39(37-57)33-46(57)32-38)56-30-29-52(51-18-8-9-19-53(51)56)50-20-10-16-40-13-6-7-17-49(40)50/h1-30,34-35,38-39,46H,31-33,36-37H2. The SMILES string of the molecule is c1ccc(-c2cc3ccccc3cc2-c2ccc(N(c3ccc(C45CC6CC(CC4C6)C5)cc3)c3ccc(-c4cccc5ccccc45)c4ccccc34)cc2)cc1. The number of hydrogen-bond donors (Lipinski definition) is 0. The molecule has 4 aliphatic rings. The van der Waals surface area contributed by atoms with E-state index in [0.29, 0.717) is 5.41 Å². The van der Waals surface area contributed by atoms with Gasteiger partial charge in [0.15, 0.2) is 0 Å². The molecule has 0 aliphatic heterocycles. The molecular weight excluding hydrogens is 699 g/mol. The fraction of sp³-hybridized carbons (Fsp3) is 0.158. The summed E-state index contributed by atoms with van der Waals surface area (Å²) in [7, 11) is 0. The first kappa shape index (κ1) is 33.7. The second-order valence-corrected chi connectivity index (χ2v) is 17.4. The van der Waals surface area contributed by atoms with Crippen LogP contribution in [0.25, 0.3) is 65.7 Å². The van der Waals surface area contributed by atoms with E-state index in [9.17, 15) is 0 Å². The van der Waals surface area contributed by atoms with Gasteiger partial charge in [0.2, 0.25) is 0 Å². The molecule has 0 spiro atoms. The van der Waals surface area contributed by atoms with Gasteiger partial charge in [0, 0.05) is 16.8 Å². The van der Waals surface area contributed by atoms with E-state index in [0.717, 1.165) is 23.4 Å². The Morgan fingerprint density at radius 1 is 0.379 bits per heavy atom. The predicted molar refractivity (Wildman–Crippen MR) is 245 cm³/mol. The number of anilines is 3. The summed E-state index contributed by atoms with van der Waals surface area (Å²) in [5.41, 5.74) is 13.0. The van der Waals surface area contributed by atoms with Crippen molar-refractivity contribution in [3.63, 3.8) is 0 Å². The lowest BCUT2D eigenvalue weighted by atomic mass is 9.71. The Kier molecular flexibility index (Phi) is 7.73. The zero-order chi connectivity index (χ0) is 38.2. The van der Waals surface area contributed by atoms with Gasteiger partial charge in [0.1, 0.15) is 0 Å². The molecule has 1 nitrogen and oxygen atoms in total. The maximum Gasteiger partial charge on any atom is 0.0540 e. The van der Waals surface area contributed by atoms with E-state index < -0.39 is 0 Å². The molecule has 4 aliphatic carbocycles. The van der Waals surface area contributed by atoms with E-state index in [1.54, 1.807) is 5.56 Å². The van der Waals surface area contributed by atoms with Gasteiger partial charge in [0.25, 0.3) is 0 Å². The molecule has 0 saturated heterocycles. The average Bonchev–Trinajstić information content (AvgIpc) is 3.70. The summed E-state index contributed by atoms with van der Waals surface area (Å²) < 4.78 is 0. The summed E-state index contributed by atoms with van der Waals surface area (Å²) >= 11 is 0. The third-order valence-corrected chi connectivity index (χ3v) is 14.3. The molecule has 4 saturated carbocycles. The number of rotatable bonds is 7. The van der Waals surface area contributed by atoms with Crippen LogP contribution in [0.5, 0.6) is 0 Å². The Hall–Kier alpha value is -6.44. The molecule has 4 bridgehead atoms. The molecule has 58 heavy (non-hydrogen) atoms. The lowest BCUT2D eigenvalue weighted by molar-refractivity contribution is 0.266. The Morgan fingerprint density at radius 3 is 1.60 bits per heavy atom. The van der Waals surface area contributed by atoms with Crippen LogP contribution >= 0.6 is 0 Å². The predicted octanol–water partition coefficient (Wildman–Crippen LogP) is 15.7. The molecular formula is C57H45N. The summed E-state index contributed by atoms with van der Waals surface area (Å²) in [6.07, 6.45) is 7.12. The maximum absolute atomic E-state index is 2.50. The van der Waals surface area contributed by atoms with Crippen LogP contribution in [0.4, 0.5) is 17.1 Å². The van der Waals surface area contributed by atoms with Crippen LogP contribution < -0.4 is 4.90 Å². The number of nitrogens with zero attached hydrogens (tertiary/aromatic N) is 1. The molecule has 0 amide bonds. The average molecular weight is 744 g/mol.